The van der Waals surface area contributed by atoms with E-state index < -0.39 is 0 Å². The summed E-state index contributed by atoms with van der Waals surface area (Å²) in [5.74, 6) is 0.805. The van der Waals surface area contributed by atoms with Gasteiger partial charge in [0.05, 0.1) is 37.9 Å². The molecule has 21 heavy (non-hydrogen) atoms. The number of anilines is 1. The summed E-state index contributed by atoms with van der Waals surface area (Å²) in [6.07, 6.45) is 3.30. The average molecular weight is 287 g/mol. The van der Waals surface area contributed by atoms with E-state index in [0.717, 1.165) is 11.4 Å². The number of hydrogen-bond acceptors (Lipinski definition) is 5. The van der Waals surface area contributed by atoms with Gasteiger partial charge in [-0.3, -0.25) is 4.79 Å². The molecule has 1 aliphatic heterocycles. The Kier molecular flexibility index (Phi) is 4.16. The van der Waals surface area contributed by atoms with E-state index in [1.807, 2.05) is 18.2 Å². The van der Waals surface area contributed by atoms with E-state index in [1.54, 1.807) is 23.4 Å². The second-order valence-electron chi connectivity index (χ2n) is 4.77. The molecule has 0 saturated carbocycles. The van der Waals surface area contributed by atoms with Crippen LogP contribution in [0.2, 0.25) is 0 Å². The van der Waals surface area contributed by atoms with E-state index >= 15 is 0 Å². The molecule has 6 nitrogen and oxygen atoms in total. The number of nitrogens with zero attached hydrogens (tertiary/aromatic N) is 2. The second-order valence-corrected chi connectivity index (χ2v) is 4.77. The Morgan fingerprint density at radius 2 is 2.14 bits per heavy atom. The molecule has 1 amide bonds. The van der Waals surface area contributed by atoms with Gasteiger partial charge < -0.3 is 19.4 Å². The Labute approximate surface area is 122 Å². The summed E-state index contributed by atoms with van der Waals surface area (Å²) in [6, 6.07) is 7.34. The second kappa shape index (κ2) is 6.41. The van der Waals surface area contributed by atoms with Crippen molar-refractivity contribution in [2.45, 2.75) is 6.54 Å². The molecule has 3 rings (SSSR count). The van der Waals surface area contributed by atoms with Crippen molar-refractivity contribution in [3.63, 3.8) is 0 Å². The summed E-state index contributed by atoms with van der Waals surface area (Å²) in [5, 5.41) is 3.19. The number of aromatic nitrogens is 1. The van der Waals surface area contributed by atoms with Crippen LogP contribution in [0, 0.1) is 0 Å². The van der Waals surface area contributed by atoms with Crippen LogP contribution in [0.4, 0.5) is 5.69 Å². The summed E-state index contributed by atoms with van der Waals surface area (Å²) in [7, 11) is 0. The first-order chi connectivity index (χ1) is 10.3. The molecule has 0 spiro atoms. The van der Waals surface area contributed by atoms with Gasteiger partial charge in [0, 0.05) is 13.1 Å². The summed E-state index contributed by atoms with van der Waals surface area (Å²) < 4.78 is 10.5. The quantitative estimate of drug-likeness (QED) is 0.928. The number of rotatable bonds is 4. The standard InChI is InChI=1S/C15H17N3O3/c19-15(18-5-8-20-9-6-18)14-4-3-12(10-17-14)16-11-13-2-1-7-21-13/h1-4,7,10,16H,5-6,8-9,11H2. The van der Waals surface area contributed by atoms with Crippen LogP contribution in [0.1, 0.15) is 16.2 Å². The van der Waals surface area contributed by atoms with Crippen molar-refractivity contribution in [2.24, 2.45) is 0 Å². The number of morpholine rings is 1. The van der Waals surface area contributed by atoms with Crippen LogP contribution in [-0.2, 0) is 11.3 Å². The summed E-state index contributed by atoms with van der Waals surface area (Å²) in [6.45, 7) is 3.02. The monoisotopic (exact) mass is 287 g/mol. The highest BCUT2D eigenvalue weighted by molar-refractivity contribution is 5.92. The number of ether oxygens (including phenoxy) is 1. The van der Waals surface area contributed by atoms with Gasteiger partial charge in [-0.2, -0.15) is 0 Å². The number of hydrogen-bond donors (Lipinski definition) is 1. The highest BCUT2D eigenvalue weighted by atomic mass is 16.5. The van der Waals surface area contributed by atoms with Crippen LogP contribution < -0.4 is 5.32 Å². The predicted molar refractivity (Wildman–Crippen MR) is 77.0 cm³/mol. The van der Waals surface area contributed by atoms with Crippen molar-refractivity contribution in [1.82, 2.24) is 9.88 Å². The SMILES string of the molecule is O=C(c1ccc(NCc2ccco2)cn1)N1CCOCC1. The van der Waals surface area contributed by atoms with Crippen LogP contribution in [0.25, 0.3) is 0 Å². The third-order valence-electron chi connectivity index (χ3n) is 3.33. The largest absolute Gasteiger partial charge is 0.467 e. The van der Waals surface area contributed by atoms with E-state index in [-0.39, 0.29) is 5.91 Å². The molecule has 0 aromatic carbocycles. The number of carbonyl (C=O) groups excluding carboxylic acids is 1. The van der Waals surface area contributed by atoms with Crippen molar-refractivity contribution in [1.29, 1.82) is 0 Å². The van der Waals surface area contributed by atoms with Gasteiger partial charge in [-0.05, 0) is 24.3 Å². The van der Waals surface area contributed by atoms with E-state index in [4.69, 9.17) is 9.15 Å². The van der Waals surface area contributed by atoms with Gasteiger partial charge in [-0.15, -0.1) is 0 Å². The number of nitrogens with one attached hydrogen (secondary N) is 1. The Hall–Kier alpha value is -2.34. The number of carbonyl (C=O) groups is 1. The number of furan rings is 1. The molecule has 6 heteroatoms. The van der Waals surface area contributed by atoms with Crippen LogP contribution in [0.5, 0.6) is 0 Å². The zero-order valence-corrected chi connectivity index (χ0v) is 11.6. The van der Waals surface area contributed by atoms with Gasteiger partial charge in [0.15, 0.2) is 0 Å². The lowest BCUT2D eigenvalue weighted by molar-refractivity contribution is 0.0299. The van der Waals surface area contributed by atoms with E-state index in [0.29, 0.717) is 38.5 Å². The molecule has 2 aromatic rings. The van der Waals surface area contributed by atoms with E-state index in [2.05, 4.69) is 10.3 Å². The fourth-order valence-electron chi connectivity index (χ4n) is 2.16. The molecule has 1 saturated heterocycles. The highest BCUT2D eigenvalue weighted by Gasteiger charge is 2.19. The molecule has 2 aromatic heterocycles. The molecule has 0 radical (unpaired) electrons. The van der Waals surface area contributed by atoms with Crippen LogP contribution >= 0.6 is 0 Å². The molecule has 0 atom stereocenters. The van der Waals surface area contributed by atoms with Crippen molar-refractivity contribution in [3.8, 4) is 0 Å². The molecule has 0 unspecified atom stereocenters. The minimum absolute atomic E-state index is 0.0455. The van der Waals surface area contributed by atoms with Gasteiger partial charge >= 0.3 is 0 Å². The van der Waals surface area contributed by atoms with E-state index in [1.165, 1.54) is 0 Å². The molecular weight excluding hydrogens is 270 g/mol. The van der Waals surface area contributed by atoms with Crippen LogP contribution in [0.15, 0.2) is 41.1 Å². The maximum absolute atomic E-state index is 12.2. The Balaban J connectivity index is 1.59. The molecule has 1 fully saturated rings. The van der Waals surface area contributed by atoms with Gasteiger partial charge in [0.1, 0.15) is 11.5 Å². The van der Waals surface area contributed by atoms with Crippen molar-refractivity contribution < 1.29 is 13.9 Å². The minimum Gasteiger partial charge on any atom is -0.467 e. The van der Waals surface area contributed by atoms with Gasteiger partial charge in [-0.25, -0.2) is 4.98 Å². The molecule has 3 heterocycles. The molecule has 0 bridgehead atoms. The Bertz CT molecular complexity index is 575. The minimum atomic E-state index is -0.0455. The molecule has 1 N–H and O–H groups in total. The van der Waals surface area contributed by atoms with Crippen molar-refractivity contribution in [3.05, 3.63) is 48.2 Å². The van der Waals surface area contributed by atoms with Gasteiger partial charge in [-0.1, -0.05) is 0 Å². The normalized spacial score (nSPS) is 15.0. The third kappa shape index (κ3) is 3.41. The summed E-state index contributed by atoms with van der Waals surface area (Å²) in [4.78, 5) is 18.2. The number of amides is 1. The maximum Gasteiger partial charge on any atom is 0.272 e. The van der Waals surface area contributed by atoms with Gasteiger partial charge in [0.25, 0.3) is 5.91 Å². The maximum atomic E-state index is 12.2. The van der Waals surface area contributed by atoms with Crippen molar-refractivity contribution >= 4 is 11.6 Å². The first kappa shape index (κ1) is 13.6. The average Bonchev–Trinajstić information content (AvgIpc) is 3.07. The fraction of sp³-hybridized carbons (Fsp3) is 0.333. The lowest BCUT2D eigenvalue weighted by Gasteiger charge is -2.26. The summed E-state index contributed by atoms with van der Waals surface area (Å²) in [5.41, 5.74) is 1.31. The Morgan fingerprint density at radius 3 is 2.81 bits per heavy atom. The first-order valence-electron chi connectivity index (χ1n) is 6.92. The zero-order valence-electron chi connectivity index (χ0n) is 11.6. The first-order valence-corrected chi connectivity index (χ1v) is 6.92. The summed E-state index contributed by atoms with van der Waals surface area (Å²) >= 11 is 0. The fourth-order valence-corrected chi connectivity index (χ4v) is 2.16. The number of pyridine rings is 1. The van der Waals surface area contributed by atoms with E-state index in [9.17, 15) is 4.79 Å². The lowest BCUT2D eigenvalue weighted by Crippen LogP contribution is -2.41. The Morgan fingerprint density at radius 1 is 1.29 bits per heavy atom. The topological polar surface area (TPSA) is 67.6 Å². The highest BCUT2D eigenvalue weighted by Crippen LogP contribution is 2.11. The smallest absolute Gasteiger partial charge is 0.272 e. The van der Waals surface area contributed by atoms with Gasteiger partial charge in [0.2, 0.25) is 0 Å². The van der Waals surface area contributed by atoms with Crippen LogP contribution in [-0.4, -0.2) is 42.1 Å². The molecular formula is C15H17N3O3. The van der Waals surface area contributed by atoms with Crippen molar-refractivity contribution in [2.75, 3.05) is 31.6 Å². The molecule has 110 valence electrons. The lowest BCUT2D eigenvalue weighted by atomic mass is 10.2. The molecule has 0 aliphatic carbocycles. The molecule has 1 aliphatic rings. The zero-order chi connectivity index (χ0) is 14.5. The predicted octanol–water partition coefficient (Wildman–Crippen LogP) is 1.76. The third-order valence-corrected chi connectivity index (χ3v) is 3.33. The van der Waals surface area contributed by atoms with Crippen LogP contribution in [0.3, 0.4) is 0 Å².